The first-order valence-electron chi connectivity index (χ1n) is 7.66. The van der Waals surface area contributed by atoms with Crippen LogP contribution in [0, 0.1) is 5.92 Å². The Balaban J connectivity index is 1.76. The van der Waals surface area contributed by atoms with Gasteiger partial charge in [0, 0.05) is 46.7 Å². The Morgan fingerprint density at radius 3 is 2.82 bits per heavy atom. The Kier molecular flexibility index (Phi) is 5.80. The number of piperidine rings is 1. The molecule has 1 amide bonds. The molecular weight excluding hydrogens is 282 g/mol. The Morgan fingerprint density at radius 2 is 2.27 bits per heavy atom. The van der Waals surface area contributed by atoms with Crippen LogP contribution in [-0.2, 0) is 11.3 Å². The SMILES string of the molecule is CN=C(NCC1CCN(C(C)=O)CC1)N(C)Cc1ccon1. The lowest BCUT2D eigenvalue weighted by Crippen LogP contribution is -2.44. The summed E-state index contributed by atoms with van der Waals surface area (Å²) in [5, 5.41) is 7.32. The summed E-state index contributed by atoms with van der Waals surface area (Å²) >= 11 is 0. The van der Waals surface area contributed by atoms with Crippen LogP contribution in [0.4, 0.5) is 0 Å². The quantitative estimate of drug-likeness (QED) is 0.662. The van der Waals surface area contributed by atoms with Crippen molar-refractivity contribution in [1.29, 1.82) is 0 Å². The van der Waals surface area contributed by atoms with Crippen LogP contribution in [0.5, 0.6) is 0 Å². The van der Waals surface area contributed by atoms with Crippen molar-refractivity contribution in [2.75, 3.05) is 33.7 Å². The third-order valence-electron chi connectivity index (χ3n) is 4.07. The molecule has 2 heterocycles. The molecule has 0 aliphatic carbocycles. The molecule has 0 unspecified atom stereocenters. The summed E-state index contributed by atoms with van der Waals surface area (Å²) in [6.07, 6.45) is 3.65. The van der Waals surface area contributed by atoms with E-state index in [1.807, 2.05) is 22.9 Å². The van der Waals surface area contributed by atoms with Crippen molar-refractivity contribution in [3.8, 4) is 0 Å². The smallest absolute Gasteiger partial charge is 0.219 e. The Labute approximate surface area is 131 Å². The van der Waals surface area contributed by atoms with E-state index in [1.54, 1.807) is 20.2 Å². The molecule has 0 aromatic carbocycles. The van der Waals surface area contributed by atoms with Crippen molar-refractivity contribution in [1.82, 2.24) is 20.3 Å². The van der Waals surface area contributed by atoms with Gasteiger partial charge in [0.05, 0.1) is 6.54 Å². The highest BCUT2D eigenvalue weighted by Crippen LogP contribution is 2.16. The Hall–Kier alpha value is -2.05. The second-order valence-corrected chi connectivity index (χ2v) is 5.72. The number of nitrogens with one attached hydrogen (secondary N) is 1. The van der Waals surface area contributed by atoms with E-state index >= 15 is 0 Å². The minimum Gasteiger partial charge on any atom is -0.364 e. The summed E-state index contributed by atoms with van der Waals surface area (Å²) in [5.41, 5.74) is 0.875. The van der Waals surface area contributed by atoms with E-state index in [9.17, 15) is 4.79 Å². The van der Waals surface area contributed by atoms with Crippen molar-refractivity contribution in [3.05, 3.63) is 18.0 Å². The lowest BCUT2D eigenvalue weighted by molar-refractivity contribution is -0.130. The van der Waals surface area contributed by atoms with E-state index < -0.39 is 0 Å². The predicted octanol–water partition coefficient (Wildman–Crippen LogP) is 0.940. The summed E-state index contributed by atoms with van der Waals surface area (Å²) in [5.74, 6) is 1.60. The maximum Gasteiger partial charge on any atom is 0.219 e. The Bertz CT molecular complexity index is 492. The summed E-state index contributed by atoms with van der Waals surface area (Å²) < 4.78 is 4.84. The number of carbonyl (C=O) groups excluding carboxylic acids is 1. The molecule has 122 valence electrons. The van der Waals surface area contributed by atoms with Gasteiger partial charge in [-0.2, -0.15) is 0 Å². The fraction of sp³-hybridized carbons (Fsp3) is 0.667. The molecule has 1 aliphatic heterocycles. The molecule has 1 aromatic rings. The van der Waals surface area contributed by atoms with Crippen LogP contribution < -0.4 is 5.32 Å². The van der Waals surface area contributed by atoms with Crippen LogP contribution >= 0.6 is 0 Å². The molecule has 0 atom stereocenters. The van der Waals surface area contributed by atoms with Crippen molar-refractivity contribution >= 4 is 11.9 Å². The molecule has 0 bridgehead atoms. The monoisotopic (exact) mass is 307 g/mol. The average Bonchev–Trinajstić information content (AvgIpc) is 3.01. The summed E-state index contributed by atoms with van der Waals surface area (Å²) in [4.78, 5) is 19.6. The fourth-order valence-corrected chi connectivity index (χ4v) is 2.71. The van der Waals surface area contributed by atoms with Crippen LogP contribution in [0.2, 0.25) is 0 Å². The normalized spacial score (nSPS) is 16.7. The lowest BCUT2D eigenvalue weighted by atomic mass is 9.97. The molecular formula is C15H25N5O2. The first-order chi connectivity index (χ1) is 10.6. The van der Waals surface area contributed by atoms with Gasteiger partial charge in [-0.25, -0.2) is 0 Å². The fourth-order valence-electron chi connectivity index (χ4n) is 2.71. The number of hydrogen-bond acceptors (Lipinski definition) is 4. The van der Waals surface area contributed by atoms with Gasteiger partial charge in [0.2, 0.25) is 5.91 Å². The molecule has 22 heavy (non-hydrogen) atoms. The standard InChI is InChI=1S/C15H25N5O2/c1-12(21)20-7-4-13(5-8-20)10-17-15(16-2)19(3)11-14-6-9-22-18-14/h6,9,13H,4-5,7-8,10-11H2,1-3H3,(H,16,17). The van der Waals surface area contributed by atoms with Crippen molar-refractivity contribution in [3.63, 3.8) is 0 Å². The van der Waals surface area contributed by atoms with Gasteiger partial charge in [-0.1, -0.05) is 5.16 Å². The second kappa shape index (κ2) is 7.82. The topological polar surface area (TPSA) is 74.0 Å². The molecule has 0 spiro atoms. The molecule has 1 fully saturated rings. The number of nitrogens with zero attached hydrogens (tertiary/aromatic N) is 4. The third kappa shape index (κ3) is 4.47. The van der Waals surface area contributed by atoms with Gasteiger partial charge in [-0.15, -0.1) is 0 Å². The number of amides is 1. The van der Waals surface area contributed by atoms with Crippen LogP contribution in [0.1, 0.15) is 25.5 Å². The number of likely N-dealkylation sites (tertiary alicyclic amines) is 1. The number of carbonyl (C=O) groups is 1. The highest BCUT2D eigenvalue weighted by Gasteiger charge is 2.21. The Morgan fingerprint density at radius 1 is 1.55 bits per heavy atom. The van der Waals surface area contributed by atoms with E-state index in [1.165, 1.54) is 0 Å². The minimum atomic E-state index is 0.176. The van der Waals surface area contributed by atoms with Gasteiger partial charge in [0.1, 0.15) is 12.0 Å². The van der Waals surface area contributed by atoms with Gasteiger partial charge in [-0.05, 0) is 18.8 Å². The largest absolute Gasteiger partial charge is 0.364 e. The molecule has 2 rings (SSSR count). The average molecular weight is 307 g/mol. The zero-order valence-corrected chi connectivity index (χ0v) is 13.6. The van der Waals surface area contributed by atoms with Gasteiger partial charge in [-0.3, -0.25) is 9.79 Å². The molecule has 1 aliphatic rings. The minimum absolute atomic E-state index is 0.176. The molecule has 1 aromatic heterocycles. The first-order valence-corrected chi connectivity index (χ1v) is 7.66. The highest BCUT2D eigenvalue weighted by molar-refractivity contribution is 5.79. The summed E-state index contributed by atoms with van der Waals surface area (Å²) in [6, 6.07) is 1.85. The number of aromatic nitrogens is 1. The van der Waals surface area contributed by atoms with Crippen molar-refractivity contribution in [2.45, 2.75) is 26.3 Å². The van der Waals surface area contributed by atoms with Crippen molar-refractivity contribution in [2.24, 2.45) is 10.9 Å². The summed E-state index contributed by atoms with van der Waals surface area (Å²) in [7, 11) is 3.75. The van der Waals surface area contributed by atoms with Crippen LogP contribution in [0.25, 0.3) is 0 Å². The van der Waals surface area contributed by atoms with E-state index in [0.29, 0.717) is 12.5 Å². The van der Waals surface area contributed by atoms with Gasteiger partial charge >= 0.3 is 0 Å². The van der Waals surface area contributed by atoms with Gasteiger partial charge < -0.3 is 19.6 Å². The molecule has 7 heteroatoms. The number of hydrogen-bond donors (Lipinski definition) is 1. The maximum atomic E-state index is 11.3. The zero-order valence-electron chi connectivity index (χ0n) is 13.6. The van der Waals surface area contributed by atoms with E-state index in [2.05, 4.69) is 15.5 Å². The molecule has 7 nitrogen and oxygen atoms in total. The number of rotatable bonds is 4. The second-order valence-electron chi connectivity index (χ2n) is 5.72. The first kappa shape index (κ1) is 16.3. The van der Waals surface area contributed by atoms with Crippen LogP contribution in [0.15, 0.2) is 21.8 Å². The van der Waals surface area contributed by atoms with Crippen molar-refractivity contribution < 1.29 is 9.32 Å². The predicted molar refractivity (Wildman–Crippen MR) is 84.3 cm³/mol. The third-order valence-corrected chi connectivity index (χ3v) is 4.07. The highest BCUT2D eigenvalue weighted by atomic mass is 16.5. The molecule has 1 saturated heterocycles. The van der Waals surface area contributed by atoms with Crippen LogP contribution in [-0.4, -0.2) is 60.6 Å². The van der Waals surface area contributed by atoms with Crippen LogP contribution in [0.3, 0.4) is 0 Å². The summed E-state index contributed by atoms with van der Waals surface area (Å²) in [6.45, 7) is 4.88. The number of guanidine groups is 1. The molecule has 1 N–H and O–H groups in total. The maximum absolute atomic E-state index is 11.3. The molecule has 0 saturated carbocycles. The lowest BCUT2D eigenvalue weighted by Gasteiger charge is -2.32. The van der Waals surface area contributed by atoms with E-state index in [4.69, 9.17) is 4.52 Å². The zero-order chi connectivity index (χ0) is 15.9. The molecule has 0 radical (unpaired) electrons. The van der Waals surface area contributed by atoms with E-state index in [0.717, 1.165) is 44.1 Å². The van der Waals surface area contributed by atoms with Gasteiger partial charge in [0.15, 0.2) is 5.96 Å². The number of aliphatic imine (C=N–C) groups is 1. The van der Waals surface area contributed by atoms with Gasteiger partial charge in [0.25, 0.3) is 0 Å². The van der Waals surface area contributed by atoms with E-state index in [-0.39, 0.29) is 5.91 Å².